The monoisotopic (exact) mass is 228 g/mol. The van der Waals surface area contributed by atoms with E-state index in [0.717, 1.165) is 6.61 Å². The van der Waals surface area contributed by atoms with Crippen LogP contribution in [0, 0.1) is 0 Å². The van der Waals surface area contributed by atoms with Crippen molar-refractivity contribution in [2.75, 3.05) is 12.8 Å². The number of hydrogen-bond acceptors (Lipinski definition) is 3. The van der Waals surface area contributed by atoms with Crippen LogP contribution in [0.2, 0.25) is 31.9 Å². The van der Waals surface area contributed by atoms with E-state index in [1.807, 2.05) is 0 Å². The zero-order chi connectivity index (χ0) is 10.4. The molecule has 1 unspecified atom stereocenters. The maximum Gasteiger partial charge on any atom is 0.171 e. The van der Waals surface area contributed by atoms with Gasteiger partial charge in [0.15, 0.2) is 6.40 Å². The third-order valence-electron chi connectivity index (χ3n) is 3.20. The Morgan fingerprint density at radius 2 is 2.07 bits per heavy atom. The number of aliphatic imine (C=N–C) groups is 1. The number of nitrogens with zero attached hydrogens (tertiary/aromatic N) is 2. The van der Waals surface area contributed by atoms with E-state index in [9.17, 15) is 0 Å². The van der Waals surface area contributed by atoms with Crippen LogP contribution in [0.4, 0.5) is 0 Å². The van der Waals surface area contributed by atoms with Crippen LogP contribution in [-0.2, 0) is 4.74 Å². The molecule has 1 saturated heterocycles. The number of ether oxygens (including phenoxy) is 1. The molecule has 1 atom stereocenters. The van der Waals surface area contributed by atoms with Crippen molar-refractivity contribution in [3.05, 3.63) is 0 Å². The molecule has 0 saturated carbocycles. The molecule has 3 nitrogen and oxygen atoms in total. The lowest BCUT2D eigenvalue weighted by molar-refractivity contribution is 0.255. The second-order valence-electron chi connectivity index (χ2n) is 5.85. The number of hydrogen-bond donors (Lipinski definition) is 0. The quantitative estimate of drug-likeness (QED) is 0.638. The molecule has 2 rings (SSSR count). The molecular formula is C9H20N2OSi2. The van der Waals surface area contributed by atoms with E-state index in [-0.39, 0.29) is 0 Å². The van der Waals surface area contributed by atoms with Crippen LogP contribution >= 0.6 is 0 Å². The summed E-state index contributed by atoms with van der Waals surface area (Å²) in [5.41, 5.74) is 1.51. The van der Waals surface area contributed by atoms with E-state index in [4.69, 9.17) is 4.74 Å². The van der Waals surface area contributed by atoms with Gasteiger partial charge < -0.3 is 9.30 Å². The van der Waals surface area contributed by atoms with Gasteiger partial charge in [-0.1, -0.05) is 26.2 Å². The molecule has 0 bridgehead atoms. The van der Waals surface area contributed by atoms with Crippen molar-refractivity contribution in [2.24, 2.45) is 4.99 Å². The van der Waals surface area contributed by atoms with E-state index < -0.39 is 16.3 Å². The third kappa shape index (κ3) is 1.80. The lowest BCUT2D eigenvalue weighted by Crippen LogP contribution is -2.49. The maximum absolute atomic E-state index is 5.24. The average Bonchev–Trinajstić information content (AvgIpc) is 2.54. The van der Waals surface area contributed by atoms with Crippen LogP contribution in [0.5, 0.6) is 0 Å². The lowest BCUT2D eigenvalue weighted by atomic mass is 10.6. The molecule has 5 heteroatoms. The molecule has 2 heterocycles. The van der Waals surface area contributed by atoms with Gasteiger partial charge in [0.1, 0.15) is 21.0 Å². The van der Waals surface area contributed by atoms with Crippen molar-refractivity contribution in [1.29, 1.82) is 0 Å². The van der Waals surface area contributed by atoms with Gasteiger partial charge in [-0.3, -0.25) is 0 Å². The van der Waals surface area contributed by atoms with Gasteiger partial charge in [-0.15, -0.1) is 0 Å². The normalized spacial score (nSPS) is 34.7. The molecule has 0 aromatic heterocycles. The third-order valence-corrected chi connectivity index (χ3v) is 14.0. The zero-order valence-corrected chi connectivity index (χ0v) is 11.6. The molecular weight excluding hydrogens is 208 g/mol. The predicted molar refractivity (Wildman–Crippen MR) is 64.7 cm³/mol. The van der Waals surface area contributed by atoms with Gasteiger partial charge in [-0.2, -0.15) is 0 Å². The van der Waals surface area contributed by atoms with Gasteiger partial charge in [-0.05, 0) is 11.8 Å². The molecule has 2 aliphatic heterocycles. The Morgan fingerprint density at radius 1 is 1.36 bits per heavy atom. The first-order valence-electron chi connectivity index (χ1n) is 5.31. The molecule has 0 N–H and O–H groups in total. The highest BCUT2D eigenvalue weighted by atomic mass is 28.4. The molecule has 0 aromatic rings. The SMILES string of the molecule is C[Si]1(C)CN(C2COC=N2)[Si](C)(C)C1. The minimum Gasteiger partial charge on any atom is -0.480 e. The maximum atomic E-state index is 5.24. The van der Waals surface area contributed by atoms with Crippen molar-refractivity contribution < 1.29 is 4.74 Å². The highest BCUT2D eigenvalue weighted by Gasteiger charge is 2.48. The molecule has 2 aliphatic rings. The predicted octanol–water partition coefficient (Wildman–Crippen LogP) is 1.68. The summed E-state index contributed by atoms with van der Waals surface area (Å²) in [6, 6.07) is 0. The van der Waals surface area contributed by atoms with Gasteiger partial charge in [-0.25, -0.2) is 4.99 Å². The van der Waals surface area contributed by atoms with Crippen LogP contribution < -0.4 is 0 Å². The molecule has 80 valence electrons. The van der Waals surface area contributed by atoms with Crippen molar-refractivity contribution in [3.8, 4) is 0 Å². The van der Waals surface area contributed by atoms with Gasteiger partial charge in [0.25, 0.3) is 0 Å². The first kappa shape index (κ1) is 10.4. The summed E-state index contributed by atoms with van der Waals surface area (Å²) in [7, 11) is -2.12. The summed E-state index contributed by atoms with van der Waals surface area (Å²) < 4.78 is 7.90. The Labute approximate surface area is 88.3 Å². The molecule has 0 amide bonds. The van der Waals surface area contributed by atoms with Crippen molar-refractivity contribution in [3.63, 3.8) is 0 Å². The molecule has 14 heavy (non-hydrogen) atoms. The van der Waals surface area contributed by atoms with Crippen LogP contribution in [0.3, 0.4) is 0 Å². The Bertz CT molecular complexity index is 266. The zero-order valence-electron chi connectivity index (χ0n) is 9.58. The Balaban J connectivity index is 2.15. The summed E-state index contributed by atoms with van der Waals surface area (Å²) >= 11 is 0. The van der Waals surface area contributed by atoms with Gasteiger partial charge in [0.05, 0.1) is 8.07 Å². The topological polar surface area (TPSA) is 24.8 Å². The molecule has 0 aliphatic carbocycles. The minimum atomic E-state index is -1.17. The van der Waals surface area contributed by atoms with Gasteiger partial charge in [0.2, 0.25) is 0 Å². The first-order chi connectivity index (χ1) is 6.41. The second-order valence-corrected chi connectivity index (χ2v) is 16.1. The van der Waals surface area contributed by atoms with Crippen molar-refractivity contribution >= 4 is 22.7 Å². The Morgan fingerprint density at radius 3 is 2.50 bits per heavy atom. The average molecular weight is 228 g/mol. The smallest absolute Gasteiger partial charge is 0.171 e. The highest BCUT2D eigenvalue weighted by molar-refractivity contribution is 6.98. The van der Waals surface area contributed by atoms with E-state index in [2.05, 4.69) is 35.7 Å². The Hall–Kier alpha value is -0.136. The fraction of sp³-hybridized carbons (Fsp3) is 0.889. The Kier molecular flexibility index (Phi) is 2.36. The standard InChI is InChI=1S/C9H20N2OSi2/c1-13(2)7-11(14(3,4)8-13)9-5-12-6-10-9/h6,9H,5,7-8H2,1-4H3. The van der Waals surface area contributed by atoms with Gasteiger partial charge >= 0.3 is 0 Å². The molecule has 0 spiro atoms. The van der Waals surface area contributed by atoms with E-state index >= 15 is 0 Å². The molecule has 0 radical (unpaired) electrons. The van der Waals surface area contributed by atoms with Crippen molar-refractivity contribution in [2.45, 2.75) is 38.0 Å². The lowest BCUT2D eigenvalue weighted by Gasteiger charge is -2.32. The summed E-state index contributed by atoms with van der Waals surface area (Å²) in [6.45, 7) is 10.7. The first-order valence-corrected chi connectivity index (χ1v) is 11.9. The van der Waals surface area contributed by atoms with Crippen molar-refractivity contribution in [1.82, 2.24) is 4.57 Å². The van der Waals surface area contributed by atoms with Crippen LogP contribution in [0.15, 0.2) is 4.99 Å². The van der Waals surface area contributed by atoms with Crippen LogP contribution in [0.1, 0.15) is 0 Å². The summed E-state index contributed by atoms with van der Waals surface area (Å²) in [5.74, 6) is 0. The van der Waals surface area contributed by atoms with Crippen LogP contribution in [0.25, 0.3) is 0 Å². The number of rotatable bonds is 1. The summed E-state index contributed by atoms with van der Waals surface area (Å²) in [4.78, 5) is 4.41. The van der Waals surface area contributed by atoms with E-state index in [0.29, 0.717) is 6.17 Å². The fourth-order valence-electron chi connectivity index (χ4n) is 2.97. The highest BCUT2D eigenvalue weighted by Crippen LogP contribution is 2.34. The summed E-state index contributed by atoms with van der Waals surface area (Å²) in [5, 5.41) is 0. The largest absolute Gasteiger partial charge is 0.480 e. The molecule has 0 aromatic carbocycles. The minimum absolute atomic E-state index is 0.339. The fourth-order valence-corrected chi connectivity index (χ4v) is 18.7. The molecule has 1 fully saturated rings. The van der Waals surface area contributed by atoms with E-state index in [1.54, 1.807) is 6.40 Å². The van der Waals surface area contributed by atoms with Crippen LogP contribution in [-0.4, -0.2) is 46.2 Å². The summed E-state index contributed by atoms with van der Waals surface area (Å²) in [6.07, 6.45) is 3.28. The van der Waals surface area contributed by atoms with E-state index in [1.165, 1.54) is 11.8 Å². The second kappa shape index (κ2) is 3.18. The van der Waals surface area contributed by atoms with Gasteiger partial charge in [0, 0.05) is 0 Å².